The molecule has 1 aliphatic heterocycles. The van der Waals surface area contributed by atoms with Crippen molar-refractivity contribution in [3.05, 3.63) is 93.6 Å². The van der Waals surface area contributed by atoms with E-state index in [0.29, 0.717) is 6.61 Å². The second-order valence-corrected chi connectivity index (χ2v) is 8.29. The van der Waals surface area contributed by atoms with Crippen molar-refractivity contribution in [3.8, 4) is 22.7 Å². The molecule has 1 aliphatic rings. The predicted molar refractivity (Wildman–Crippen MR) is 125 cm³/mol. The van der Waals surface area contributed by atoms with Crippen molar-refractivity contribution in [2.24, 2.45) is 0 Å². The van der Waals surface area contributed by atoms with E-state index in [1.54, 1.807) is 0 Å². The van der Waals surface area contributed by atoms with E-state index in [9.17, 15) is 0 Å². The monoisotopic (exact) mass is 493 g/mol. The summed E-state index contributed by atoms with van der Waals surface area (Å²) in [5.41, 5.74) is 5.70. The fraction of sp³-hybridized carbons (Fsp3) is 0.125. The molecule has 4 nitrogen and oxygen atoms in total. The summed E-state index contributed by atoms with van der Waals surface area (Å²) in [4.78, 5) is 0. The molecule has 5 heteroatoms. The normalized spacial score (nSPS) is 12.4. The average Bonchev–Trinajstić information content (AvgIpc) is 3.36. The van der Waals surface area contributed by atoms with Gasteiger partial charge in [-0.3, -0.25) is 0 Å². The van der Waals surface area contributed by atoms with Gasteiger partial charge in [0.15, 0.2) is 0 Å². The number of nitrogens with one attached hydrogen (secondary N) is 1. The zero-order chi connectivity index (χ0) is 19.6. The van der Waals surface area contributed by atoms with Gasteiger partial charge >= 0.3 is 0 Å². The van der Waals surface area contributed by atoms with Gasteiger partial charge in [0.2, 0.25) is 0 Å². The third kappa shape index (κ3) is 3.74. The number of fused-ring (bicyclic) bond motifs is 1. The molecule has 4 aromatic rings. The molecule has 0 radical (unpaired) electrons. The van der Waals surface area contributed by atoms with Crippen molar-refractivity contribution in [2.45, 2.75) is 13.0 Å². The number of rotatable bonds is 5. The smallest absolute Gasteiger partial charge is 0.133 e. The molecule has 0 saturated heterocycles. The lowest BCUT2D eigenvalue weighted by Gasteiger charge is -2.09. The van der Waals surface area contributed by atoms with Gasteiger partial charge in [-0.1, -0.05) is 42.5 Å². The molecule has 0 saturated carbocycles. The summed E-state index contributed by atoms with van der Waals surface area (Å²) in [6.07, 6.45) is 0.994. The largest absolute Gasteiger partial charge is 0.489 e. The minimum absolute atomic E-state index is 0.565. The minimum Gasteiger partial charge on any atom is -0.489 e. The van der Waals surface area contributed by atoms with Crippen LogP contribution in [-0.4, -0.2) is 16.3 Å². The molecule has 3 aromatic carbocycles. The van der Waals surface area contributed by atoms with Crippen LogP contribution in [0.5, 0.6) is 5.75 Å². The minimum atomic E-state index is 0.565. The Bertz CT molecular complexity index is 1140. The molecule has 2 heterocycles. The zero-order valence-corrected chi connectivity index (χ0v) is 18.0. The van der Waals surface area contributed by atoms with Gasteiger partial charge in [-0.05, 0) is 71.0 Å². The van der Waals surface area contributed by atoms with E-state index in [4.69, 9.17) is 9.84 Å². The molecule has 0 aliphatic carbocycles. The second kappa shape index (κ2) is 7.91. The van der Waals surface area contributed by atoms with Gasteiger partial charge < -0.3 is 10.1 Å². The van der Waals surface area contributed by atoms with Crippen LogP contribution in [0.25, 0.3) is 16.9 Å². The van der Waals surface area contributed by atoms with Crippen molar-refractivity contribution in [1.29, 1.82) is 0 Å². The number of anilines is 1. The number of aromatic nitrogens is 2. The molecule has 1 N–H and O–H groups in total. The summed E-state index contributed by atoms with van der Waals surface area (Å²) in [6.45, 7) is 1.51. The molecule has 0 atom stereocenters. The van der Waals surface area contributed by atoms with E-state index in [-0.39, 0.29) is 0 Å². The number of ether oxygens (including phenoxy) is 1. The lowest BCUT2D eigenvalue weighted by Crippen LogP contribution is -2.04. The van der Waals surface area contributed by atoms with Gasteiger partial charge in [-0.15, -0.1) is 0 Å². The predicted octanol–water partition coefficient (Wildman–Crippen LogP) is 5.69. The first-order chi connectivity index (χ1) is 14.3. The van der Waals surface area contributed by atoms with Gasteiger partial charge in [0.1, 0.15) is 18.2 Å². The molecule has 0 spiro atoms. The van der Waals surface area contributed by atoms with Crippen molar-refractivity contribution < 1.29 is 4.74 Å². The summed E-state index contributed by atoms with van der Waals surface area (Å²) < 4.78 is 9.15. The maximum Gasteiger partial charge on any atom is 0.133 e. The van der Waals surface area contributed by atoms with E-state index >= 15 is 0 Å². The lowest BCUT2D eigenvalue weighted by molar-refractivity contribution is 0.306. The lowest BCUT2D eigenvalue weighted by atomic mass is 10.1. The Morgan fingerprint density at radius 2 is 1.79 bits per heavy atom. The quantitative estimate of drug-likeness (QED) is 0.363. The van der Waals surface area contributed by atoms with Crippen molar-refractivity contribution in [3.63, 3.8) is 0 Å². The van der Waals surface area contributed by atoms with Crippen molar-refractivity contribution in [2.75, 3.05) is 11.9 Å². The molecule has 1 aromatic heterocycles. The summed E-state index contributed by atoms with van der Waals surface area (Å²) >= 11 is 2.35. The Kier molecular flexibility index (Phi) is 4.97. The van der Waals surface area contributed by atoms with Crippen LogP contribution in [0.2, 0.25) is 0 Å². The molecule has 0 unspecified atom stereocenters. The van der Waals surface area contributed by atoms with Crippen LogP contribution >= 0.6 is 22.6 Å². The number of hydrogen-bond donors (Lipinski definition) is 1. The van der Waals surface area contributed by atoms with Gasteiger partial charge in [0.05, 0.1) is 11.4 Å². The standard InChI is InChI=1S/C24H20IN3O/c25-19-8-4-7-18(15-19)23-22-13-14-26-24(22)28(27-23)20-9-11-21(12-10-20)29-16-17-5-2-1-3-6-17/h1-12,15,26H,13-14,16H2. The number of benzene rings is 3. The summed E-state index contributed by atoms with van der Waals surface area (Å²) in [6, 6.07) is 26.9. The van der Waals surface area contributed by atoms with Gasteiger partial charge in [-0.2, -0.15) is 5.10 Å². The van der Waals surface area contributed by atoms with E-state index in [0.717, 1.165) is 41.5 Å². The van der Waals surface area contributed by atoms with Crippen LogP contribution in [0.15, 0.2) is 78.9 Å². The molecule has 144 valence electrons. The van der Waals surface area contributed by atoms with Gasteiger partial charge in [0, 0.05) is 21.2 Å². The van der Waals surface area contributed by atoms with Crippen LogP contribution < -0.4 is 10.1 Å². The Balaban J connectivity index is 1.42. The van der Waals surface area contributed by atoms with E-state index in [1.165, 1.54) is 14.7 Å². The Morgan fingerprint density at radius 3 is 2.59 bits per heavy atom. The van der Waals surface area contributed by atoms with E-state index in [2.05, 4.69) is 76.4 Å². The third-order valence-corrected chi connectivity index (χ3v) is 5.75. The number of hydrogen-bond acceptors (Lipinski definition) is 3. The summed E-state index contributed by atoms with van der Waals surface area (Å²) in [5, 5.41) is 8.45. The van der Waals surface area contributed by atoms with Crippen LogP contribution in [0, 0.1) is 3.57 Å². The zero-order valence-electron chi connectivity index (χ0n) is 15.8. The van der Waals surface area contributed by atoms with Crippen molar-refractivity contribution >= 4 is 28.4 Å². The topological polar surface area (TPSA) is 39.1 Å². The van der Waals surface area contributed by atoms with Gasteiger partial charge in [0.25, 0.3) is 0 Å². The molecule has 0 amide bonds. The Hall–Kier alpha value is -2.80. The highest BCUT2D eigenvalue weighted by molar-refractivity contribution is 14.1. The van der Waals surface area contributed by atoms with E-state index in [1.807, 2.05) is 35.0 Å². The molecule has 0 bridgehead atoms. The first-order valence-corrected chi connectivity index (χ1v) is 10.7. The average molecular weight is 493 g/mol. The van der Waals surface area contributed by atoms with E-state index < -0.39 is 0 Å². The molecular formula is C24H20IN3O. The van der Waals surface area contributed by atoms with Crippen LogP contribution in [0.1, 0.15) is 11.1 Å². The van der Waals surface area contributed by atoms with Crippen molar-refractivity contribution in [1.82, 2.24) is 9.78 Å². The molecular weight excluding hydrogens is 473 g/mol. The Morgan fingerprint density at radius 1 is 0.966 bits per heavy atom. The fourth-order valence-corrected chi connectivity index (χ4v) is 4.20. The first-order valence-electron chi connectivity index (χ1n) is 9.67. The van der Waals surface area contributed by atoms with Crippen LogP contribution in [0.4, 0.5) is 5.82 Å². The maximum absolute atomic E-state index is 5.92. The van der Waals surface area contributed by atoms with Crippen LogP contribution in [-0.2, 0) is 13.0 Å². The highest BCUT2D eigenvalue weighted by Crippen LogP contribution is 2.35. The SMILES string of the molecule is Ic1cccc(-c2nn(-c3ccc(OCc4ccccc4)cc3)c3c2CCN3)c1. The summed E-state index contributed by atoms with van der Waals surface area (Å²) in [7, 11) is 0. The highest BCUT2D eigenvalue weighted by atomic mass is 127. The first kappa shape index (κ1) is 18.2. The number of halogens is 1. The fourth-order valence-electron chi connectivity index (χ4n) is 3.65. The number of nitrogens with zero attached hydrogens (tertiary/aromatic N) is 2. The maximum atomic E-state index is 5.92. The highest BCUT2D eigenvalue weighted by Gasteiger charge is 2.24. The summed E-state index contributed by atoms with van der Waals surface area (Å²) in [5.74, 6) is 1.95. The molecule has 29 heavy (non-hydrogen) atoms. The molecule has 5 rings (SSSR count). The van der Waals surface area contributed by atoms with Gasteiger partial charge in [-0.25, -0.2) is 4.68 Å². The third-order valence-electron chi connectivity index (χ3n) is 5.08. The van der Waals surface area contributed by atoms with Crippen LogP contribution in [0.3, 0.4) is 0 Å². The second-order valence-electron chi connectivity index (χ2n) is 7.04. The Labute approximate surface area is 183 Å². The molecule has 0 fully saturated rings.